The van der Waals surface area contributed by atoms with E-state index in [1.54, 1.807) is 11.8 Å². The molecule has 0 radical (unpaired) electrons. The van der Waals surface area contributed by atoms with Gasteiger partial charge in [-0.1, -0.05) is 16.9 Å². The third kappa shape index (κ3) is 7.97. The SMILES string of the molecule is CSCCCC/C(=N\OS(=O)(=O)[O-])S[C@@H]1O[C@H](CO)[C@@H](O)[C@H](O)[C@H]1O. The Balaban J connectivity index is 2.80. The Bertz CT molecular complexity index is 528. The predicted octanol–water partition coefficient (Wildman–Crippen LogP) is -1.16. The first-order valence-electron chi connectivity index (χ1n) is 7.37. The van der Waals surface area contributed by atoms with E-state index < -0.39 is 46.9 Å². The summed E-state index contributed by atoms with van der Waals surface area (Å²) in [7, 11) is -5.03. The van der Waals surface area contributed by atoms with E-state index in [9.17, 15) is 28.3 Å². The van der Waals surface area contributed by atoms with E-state index in [-0.39, 0.29) is 11.5 Å². The maximum absolute atomic E-state index is 10.6. The van der Waals surface area contributed by atoms with E-state index >= 15 is 0 Å². The molecule has 25 heavy (non-hydrogen) atoms. The van der Waals surface area contributed by atoms with E-state index in [4.69, 9.17) is 9.84 Å². The number of thioether (sulfide) groups is 2. The number of aliphatic hydroxyl groups is 4. The van der Waals surface area contributed by atoms with Crippen LogP contribution < -0.4 is 0 Å². The van der Waals surface area contributed by atoms with Crippen molar-refractivity contribution >= 4 is 39.0 Å². The number of hydrogen-bond donors (Lipinski definition) is 4. The number of oxime groups is 1. The largest absolute Gasteiger partial charge is 0.714 e. The lowest BCUT2D eigenvalue weighted by Gasteiger charge is -2.39. The summed E-state index contributed by atoms with van der Waals surface area (Å²) in [5.41, 5.74) is -1.13. The van der Waals surface area contributed by atoms with Crippen molar-refractivity contribution < 1.29 is 42.4 Å². The van der Waals surface area contributed by atoms with Gasteiger partial charge in [0.25, 0.3) is 10.4 Å². The fourth-order valence-corrected chi connectivity index (χ4v) is 3.87. The third-order valence-electron chi connectivity index (χ3n) is 3.32. The number of rotatable bonds is 9. The second-order valence-corrected chi connectivity index (χ2v) is 8.36. The number of hydrogen-bond acceptors (Lipinski definition) is 12. The van der Waals surface area contributed by atoms with Crippen molar-refractivity contribution in [1.82, 2.24) is 0 Å². The molecule has 0 spiro atoms. The standard InChI is InChI=1S/C12H23NO9S3/c1-23-5-3-2-4-8(13-22-25(18,19)20)24-12-11(17)10(16)9(15)7(6-14)21-12/h7,9-12,14-17H,2-6H2,1H3,(H,18,19,20)/p-1/b13-8+/t7-,9-,10+,11-,12+/m1/s1. The number of aliphatic hydroxyl groups excluding tert-OH is 4. The van der Waals surface area contributed by atoms with Crippen molar-refractivity contribution in [2.45, 2.75) is 49.1 Å². The Labute approximate surface area is 154 Å². The Hall–Kier alpha value is -0.120. The first kappa shape index (κ1) is 22.9. The van der Waals surface area contributed by atoms with Crippen molar-refractivity contribution in [1.29, 1.82) is 0 Å². The molecule has 0 bridgehead atoms. The van der Waals surface area contributed by atoms with Crippen molar-refractivity contribution in [3.63, 3.8) is 0 Å². The van der Waals surface area contributed by atoms with Gasteiger partial charge in [-0.3, -0.25) is 4.28 Å². The molecule has 5 atom stereocenters. The van der Waals surface area contributed by atoms with Gasteiger partial charge in [0.1, 0.15) is 34.9 Å². The summed E-state index contributed by atoms with van der Waals surface area (Å²) in [6.45, 7) is -0.590. The van der Waals surface area contributed by atoms with Crippen LogP contribution in [0.2, 0.25) is 0 Å². The zero-order valence-electron chi connectivity index (χ0n) is 13.4. The minimum atomic E-state index is -5.03. The molecule has 148 valence electrons. The molecule has 0 unspecified atom stereocenters. The molecule has 1 aliphatic heterocycles. The summed E-state index contributed by atoms with van der Waals surface area (Å²) in [6, 6.07) is 0. The van der Waals surface area contributed by atoms with Gasteiger partial charge in [0.2, 0.25) is 0 Å². The Kier molecular flexibility index (Phi) is 9.98. The third-order valence-corrected chi connectivity index (χ3v) is 5.45. The second-order valence-electron chi connectivity index (χ2n) is 5.23. The highest BCUT2D eigenvalue weighted by atomic mass is 32.3. The lowest BCUT2D eigenvalue weighted by molar-refractivity contribution is -0.205. The molecule has 1 heterocycles. The van der Waals surface area contributed by atoms with Gasteiger partial charge < -0.3 is 29.7 Å². The van der Waals surface area contributed by atoms with Crippen LogP contribution in [0.1, 0.15) is 19.3 Å². The molecule has 0 aliphatic carbocycles. The van der Waals surface area contributed by atoms with Gasteiger partial charge in [0.05, 0.1) is 6.61 Å². The second kappa shape index (κ2) is 10.9. The molecule has 0 aromatic rings. The zero-order chi connectivity index (χ0) is 19.0. The lowest BCUT2D eigenvalue weighted by atomic mass is 10.0. The van der Waals surface area contributed by atoms with Gasteiger partial charge in [-0.15, -0.1) is 0 Å². The smallest absolute Gasteiger partial charge is 0.284 e. The van der Waals surface area contributed by atoms with E-state index in [0.717, 1.165) is 23.9 Å². The Morgan fingerprint density at radius 1 is 1.24 bits per heavy atom. The molecular formula is C12H22NO9S3-. The summed E-state index contributed by atoms with van der Waals surface area (Å²) in [6.07, 6.45) is -2.06. The predicted molar refractivity (Wildman–Crippen MR) is 91.8 cm³/mol. The maximum Gasteiger partial charge on any atom is 0.284 e. The lowest BCUT2D eigenvalue weighted by Crippen LogP contribution is -2.57. The van der Waals surface area contributed by atoms with Crippen molar-refractivity contribution in [3.05, 3.63) is 0 Å². The molecule has 1 fully saturated rings. The molecule has 0 amide bonds. The Morgan fingerprint density at radius 2 is 1.92 bits per heavy atom. The van der Waals surface area contributed by atoms with E-state index in [1.165, 1.54) is 0 Å². The highest BCUT2D eigenvalue weighted by Gasteiger charge is 2.44. The number of unbranched alkanes of at least 4 members (excludes halogenated alkanes) is 1. The average molecular weight is 421 g/mol. The van der Waals surface area contributed by atoms with Gasteiger partial charge in [-0.25, -0.2) is 0 Å². The maximum atomic E-state index is 10.6. The van der Waals surface area contributed by atoms with Crippen molar-refractivity contribution in [2.75, 3.05) is 18.6 Å². The van der Waals surface area contributed by atoms with Crippen LogP contribution in [0.25, 0.3) is 0 Å². The van der Waals surface area contributed by atoms with Crippen LogP contribution >= 0.6 is 23.5 Å². The van der Waals surface area contributed by atoms with Gasteiger partial charge in [-0.05, 0) is 31.3 Å². The van der Waals surface area contributed by atoms with Gasteiger partial charge in [0, 0.05) is 0 Å². The molecule has 4 N–H and O–H groups in total. The molecule has 1 aliphatic rings. The molecule has 10 nitrogen and oxygen atoms in total. The summed E-state index contributed by atoms with van der Waals surface area (Å²) in [4.78, 5) is 0. The van der Waals surface area contributed by atoms with Crippen LogP contribution in [0.15, 0.2) is 5.16 Å². The van der Waals surface area contributed by atoms with E-state index in [1.807, 2.05) is 6.26 Å². The topological polar surface area (TPSA) is 169 Å². The molecule has 0 aromatic carbocycles. The molecule has 13 heteroatoms. The number of nitrogens with zero attached hydrogens (tertiary/aromatic N) is 1. The minimum Gasteiger partial charge on any atom is -0.714 e. The average Bonchev–Trinajstić information content (AvgIpc) is 2.55. The number of ether oxygens (including phenoxy) is 1. The normalized spacial score (nSPS) is 31.1. The van der Waals surface area contributed by atoms with E-state index in [0.29, 0.717) is 6.42 Å². The minimum absolute atomic E-state index is 0.0739. The summed E-state index contributed by atoms with van der Waals surface area (Å²) in [5, 5.41) is 42.0. The molecule has 0 aromatic heterocycles. The fraction of sp³-hybridized carbons (Fsp3) is 0.917. The van der Waals surface area contributed by atoms with Gasteiger partial charge in [-0.2, -0.15) is 20.2 Å². The molecule has 0 saturated carbocycles. The first-order valence-corrected chi connectivity index (χ1v) is 11.0. The molecule has 1 rings (SSSR count). The Morgan fingerprint density at radius 3 is 2.48 bits per heavy atom. The molecular weight excluding hydrogens is 398 g/mol. The van der Waals surface area contributed by atoms with Crippen LogP contribution in [0, 0.1) is 0 Å². The molecule has 1 saturated heterocycles. The van der Waals surface area contributed by atoms with Crippen LogP contribution in [0.3, 0.4) is 0 Å². The summed E-state index contributed by atoms with van der Waals surface area (Å²) < 4.78 is 40.9. The summed E-state index contributed by atoms with van der Waals surface area (Å²) in [5.74, 6) is 0.874. The highest BCUT2D eigenvalue weighted by Crippen LogP contribution is 2.30. The van der Waals surface area contributed by atoms with Crippen molar-refractivity contribution in [3.8, 4) is 0 Å². The summed E-state index contributed by atoms with van der Waals surface area (Å²) >= 11 is 2.39. The van der Waals surface area contributed by atoms with Crippen LogP contribution in [0.5, 0.6) is 0 Å². The highest BCUT2D eigenvalue weighted by molar-refractivity contribution is 8.14. The first-order chi connectivity index (χ1) is 11.7. The van der Waals surface area contributed by atoms with Crippen LogP contribution in [-0.2, 0) is 19.4 Å². The van der Waals surface area contributed by atoms with Gasteiger partial charge in [0.15, 0.2) is 0 Å². The quantitative estimate of drug-likeness (QED) is 0.0886. The van der Waals surface area contributed by atoms with Gasteiger partial charge >= 0.3 is 0 Å². The fourth-order valence-electron chi connectivity index (χ4n) is 2.03. The van der Waals surface area contributed by atoms with Crippen molar-refractivity contribution in [2.24, 2.45) is 5.16 Å². The van der Waals surface area contributed by atoms with Crippen LogP contribution in [-0.4, -0.2) is 86.9 Å². The van der Waals surface area contributed by atoms with Crippen LogP contribution in [0.4, 0.5) is 0 Å². The van der Waals surface area contributed by atoms with E-state index in [2.05, 4.69) is 9.44 Å². The zero-order valence-corrected chi connectivity index (χ0v) is 15.9. The monoisotopic (exact) mass is 420 g/mol.